The van der Waals surface area contributed by atoms with Gasteiger partial charge in [-0.15, -0.1) is 11.3 Å². The Hall–Kier alpha value is -1.89. The molecule has 0 fully saturated rings. The smallest absolute Gasteiger partial charge is 0.274 e. The Bertz CT molecular complexity index is 490. The van der Waals surface area contributed by atoms with E-state index in [1.54, 1.807) is 25.0 Å². The van der Waals surface area contributed by atoms with Gasteiger partial charge in [-0.3, -0.25) is 14.5 Å². The van der Waals surface area contributed by atoms with Crippen LogP contribution >= 0.6 is 11.3 Å². The molecule has 2 rings (SSSR count). The average Bonchev–Trinajstić information content (AvgIpc) is 2.84. The van der Waals surface area contributed by atoms with Gasteiger partial charge in [0.2, 0.25) is 0 Å². The Kier molecular flexibility index (Phi) is 2.86. The summed E-state index contributed by atoms with van der Waals surface area (Å²) in [6.45, 7) is 0.444. The second kappa shape index (κ2) is 4.31. The van der Waals surface area contributed by atoms with Gasteiger partial charge in [-0.2, -0.15) is 5.10 Å². The van der Waals surface area contributed by atoms with Crippen LogP contribution in [0.2, 0.25) is 0 Å². The summed E-state index contributed by atoms with van der Waals surface area (Å²) in [5.41, 5.74) is 7.99. The molecule has 2 aromatic rings. The molecule has 0 aliphatic carbocycles. The standard InChI is InChI=1S/C9H11N5OS/c1-14-4-7(10)8(13-14)9(15)12-3-6-2-11-5-16-6/h2,4-5H,3,10H2,1H3,(H,12,15). The van der Waals surface area contributed by atoms with Gasteiger partial charge < -0.3 is 11.1 Å². The largest absolute Gasteiger partial charge is 0.396 e. The van der Waals surface area contributed by atoms with Crippen LogP contribution in [-0.2, 0) is 13.6 Å². The van der Waals surface area contributed by atoms with Crippen molar-refractivity contribution in [3.05, 3.63) is 28.5 Å². The predicted molar refractivity (Wildman–Crippen MR) is 60.9 cm³/mol. The van der Waals surface area contributed by atoms with Gasteiger partial charge in [-0.25, -0.2) is 0 Å². The maximum Gasteiger partial charge on any atom is 0.274 e. The quantitative estimate of drug-likeness (QED) is 0.808. The van der Waals surface area contributed by atoms with Crippen molar-refractivity contribution in [1.82, 2.24) is 20.1 Å². The minimum atomic E-state index is -0.272. The number of carbonyl (C=O) groups excluding carboxylic acids is 1. The van der Waals surface area contributed by atoms with E-state index >= 15 is 0 Å². The van der Waals surface area contributed by atoms with Crippen LogP contribution in [0.3, 0.4) is 0 Å². The molecule has 0 radical (unpaired) electrons. The lowest BCUT2D eigenvalue weighted by Gasteiger charge is -2.00. The first-order valence-electron chi connectivity index (χ1n) is 4.61. The second-order valence-corrected chi connectivity index (χ2v) is 4.23. The summed E-state index contributed by atoms with van der Waals surface area (Å²) in [5.74, 6) is -0.272. The molecular weight excluding hydrogens is 226 g/mol. The van der Waals surface area contributed by atoms with Gasteiger partial charge in [-0.1, -0.05) is 0 Å². The molecule has 0 unspecified atom stereocenters. The average molecular weight is 237 g/mol. The van der Waals surface area contributed by atoms with Gasteiger partial charge in [0.1, 0.15) is 0 Å². The maximum atomic E-state index is 11.7. The Morgan fingerprint density at radius 1 is 1.69 bits per heavy atom. The molecule has 2 aromatic heterocycles. The fourth-order valence-corrected chi connectivity index (χ4v) is 1.80. The second-order valence-electron chi connectivity index (χ2n) is 3.26. The minimum Gasteiger partial charge on any atom is -0.396 e. The van der Waals surface area contributed by atoms with Gasteiger partial charge in [-0.05, 0) is 0 Å². The molecule has 0 aliphatic rings. The van der Waals surface area contributed by atoms with Crippen molar-refractivity contribution in [2.45, 2.75) is 6.54 Å². The zero-order valence-electron chi connectivity index (χ0n) is 8.67. The number of carbonyl (C=O) groups is 1. The van der Waals surface area contributed by atoms with Crippen molar-refractivity contribution < 1.29 is 4.79 Å². The van der Waals surface area contributed by atoms with Gasteiger partial charge >= 0.3 is 0 Å². The van der Waals surface area contributed by atoms with E-state index in [0.29, 0.717) is 12.2 Å². The van der Waals surface area contributed by atoms with Gasteiger partial charge in [0.25, 0.3) is 5.91 Å². The van der Waals surface area contributed by atoms with E-state index in [0.717, 1.165) is 4.88 Å². The molecule has 0 aliphatic heterocycles. The molecule has 0 aromatic carbocycles. The molecule has 0 bridgehead atoms. The van der Waals surface area contributed by atoms with Gasteiger partial charge in [0.05, 0.1) is 17.7 Å². The van der Waals surface area contributed by atoms with E-state index in [1.165, 1.54) is 16.0 Å². The van der Waals surface area contributed by atoms with Crippen molar-refractivity contribution in [1.29, 1.82) is 0 Å². The van der Waals surface area contributed by atoms with Crippen LogP contribution in [0.5, 0.6) is 0 Å². The third kappa shape index (κ3) is 2.19. The van der Waals surface area contributed by atoms with E-state index in [2.05, 4.69) is 15.4 Å². The summed E-state index contributed by atoms with van der Waals surface area (Å²) in [5, 5.41) is 6.71. The highest BCUT2D eigenvalue weighted by atomic mass is 32.1. The third-order valence-electron chi connectivity index (χ3n) is 1.98. The van der Waals surface area contributed by atoms with Crippen molar-refractivity contribution in [2.75, 3.05) is 5.73 Å². The van der Waals surface area contributed by atoms with E-state index in [4.69, 9.17) is 5.73 Å². The monoisotopic (exact) mass is 237 g/mol. The van der Waals surface area contributed by atoms with Crippen molar-refractivity contribution in [3.63, 3.8) is 0 Å². The highest BCUT2D eigenvalue weighted by Crippen LogP contribution is 2.09. The number of nitrogens with zero attached hydrogens (tertiary/aromatic N) is 3. The molecule has 0 atom stereocenters. The molecule has 3 N–H and O–H groups in total. The van der Waals surface area contributed by atoms with Crippen LogP contribution in [0.25, 0.3) is 0 Å². The molecule has 6 nitrogen and oxygen atoms in total. The Balaban J connectivity index is 2.01. The lowest BCUT2D eigenvalue weighted by Crippen LogP contribution is -2.23. The lowest BCUT2D eigenvalue weighted by atomic mass is 10.3. The molecular formula is C9H11N5OS. The van der Waals surface area contributed by atoms with E-state index in [-0.39, 0.29) is 11.6 Å². The molecule has 0 saturated heterocycles. The van der Waals surface area contributed by atoms with E-state index in [9.17, 15) is 4.79 Å². The van der Waals surface area contributed by atoms with Gasteiger partial charge in [0.15, 0.2) is 5.69 Å². The first-order chi connectivity index (χ1) is 7.66. The highest BCUT2D eigenvalue weighted by molar-refractivity contribution is 7.09. The molecule has 0 spiro atoms. The van der Waals surface area contributed by atoms with Crippen LogP contribution in [-0.4, -0.2) is 20.7 Å². The SMILES string of the molecule is Cn1cc(N)c(C(=O)NCc2cncs2)n1. The number of aromatic nitrogens is 3. The van der Waals surface area contributed by atoms with Crippen LogP contribution < -0.4 is 11.1 Å². The normalized spacial score (nSPS) is 10.3. The lowest BCUT2D eigenvalue weighted by molar-refractivity contribution is 0.0946. The maximum absolute atomic E-state index is 11.7. The topological polar surface area (TPSA) is 85.8 Å². The Morgan fingerprint density at radius 3 is 3.06 bits per heavy atom. The number of amides is 1. The number of rotatable bonds is 3. The third-order valence-corrected chi connectivity index (χ3v) is 2.76. The predicted octanol–water partition coefficient (Wildman–Crippen LogP) is 0.389. The molecule has 84 valence electrons. The number of nitrogens with one attached hydrogen (secondary N) is 1. The first kappa shape index (κ1) is 10.6. The van der Waals surface area contributed by atoms with Crippen LogP contribution in [0.4, 0.5) is 5.69 Å². The number of anilines is 1. The fraction of sp³-hybridized carbons (Fsp3) is 0.222. The fourth-order valence-electron chi connectivity index (χ4n) is 1.26. The van der Waals surface area contributed by atoms with Crippen molar-refractivity contribution in [2.24, 2.45) is 7.05 Å². The molecule has 0 saturated carbocycles. The number of nitrogen functional groups attached to an aromatic ring is 1. The molecule has 2 heterocycles. The summed E-state index contributed by atoms with van der Waals surface area (Å²) in [7, 11) is 1.72. The number of hydrogen-bond donors (Lipinski definition) is 2. The minimum absolute atomic E-state index is 0.256. The van der Waals surface area contributed by atoms with Crippen molar-refractivity contribution >= 4 is 22.9 Å². The molecule has 16 heavy (non-hydrogen) atoms. The van der Waals surface area contributed by atoms with Crippen LogP contribution in [0, 0.1) is 0 Å². The summed E-state index contributed by atoms with van der Waals surface area (Å²) >= 11 is 1.49. The summed E-state index contributed by atoms with van der Waals surface area (Å²) in [6, 6.07) is 0. The van der Waals surface area contributed by atoms with Gasteiger partial charge in [0, 0.05) is 24.3 Å². The van der Waals surface area contributed by atoms with Crippen molar-refractivity contribution in [3.8, 4) is 0 Å². The molecule has 1 amide bonds. The zero-order chi connectivity index (χ0) is 11.5. The van der Waals surface area contributed by atoms with Crippen LogP contribution in [0.1, 0.15) is 15.4 Å². The number of thiazole rings is 1. The summed E-state index contributed by atoms with van der Waals surface area (Å²) < 4.78 is 1.51. The Labute approximate surface area is 96.1 Å². The van der Waals surface area contributed by atoms with E-state index < -0.39 is 0 Å². The van der Waals surface area contributed by atoms with E-state index in [1.807, 2.05) is 0 Å². The number of hydrogen-bond acceptors (Lipinski definition) is 5. The highest BCUT2D eigenvalue weighted by Gasteiger charge is 2.13. The first-order valence-corrected chi connectivity index (χ1v) is 5.49. The molecule has 7 heteroatoms. The zero-order valence-corrected chi connectivity index (χ0v) is 9.49. The number of nitrogens with two attached hydrogens (primary N) is 1. The Morgan fingerprint density at radius 2 is 2.50 bits per heavy atom. The summed E-state index contributed by atoms with van der Waals surface area (Å²) in [6.07, 6.45) is 3.31. The van der Waals surface area contributed by atoms with Crippen LogP contribution in [0.15, 0.2) is 17.9 Å². The summed E-state index contributed by atoms with van der Waals surface area (Å²) in [4.78, 5) is 16.6. The number of aryl methyl sites for hydroxylation is 1.